The van der Waals surface area contributed by atoms with Crippen LogP contribution in [0.4, 0.5) is 0 Å². The van der Waals surface area contributed by atoms with Crippen LogP contribution in [-0.4, -0.2) is 35.1 Å². The first-order chi connectivity index (χ1) is 9.77. The van der Waals surface area contributed by atoms with Gasteiger partial charge in [0.2, 0.25) is 11.8 Å². The summed E-state index contributed by atoms with van der Waals surface area (Å²) < 4.78 is 0. The maximum absolute atomic E-state index is 12.4. The molecule has 1 aliphatic rings. The number of nitrogens with one attached hydrogen (secondary N) is 2. The van der Waals surface area contributed by atoms with Crippen molar-refractivity contribution < 1.29 is 14.7 Å². The van der Waals surface area contributed by atoms with Gasteiger partial charge < -0.3 is 15.7 Å². The molecular formula is C16H30N2O3. The van der Waals surface area contributed by atoms with E-state index in [1.807, 2.05) is 13.8 Å². The van der Waals surface area contributed by atoms with E-state index in [9.17, 15) is 14.7 Å². The molecule has 2 amide bonds. The van der Waals surface area contributed by atoms with Crippen molar-refractivity contribution in [3.05, 3.63) is 0 Å². The summed E-state index contributed by atoms with van der Waals surface area (Å²) in [6.45, 7) is 7.37. The highest BCUT2D eigenvalue weighted by atomic mass is 16.3. The minimum absolute atomic E-state index is 0.100. The van der Waals surface area contributed by atoms with Crippen molar-refractivity contribution in [2.75, 3.05) is 6.54 Å². The van der Waals surface area contributed by atoms with Gasteiger partial charge in [0.1, 0.15) is 6.04 Å². The van der Waals surface area contributed by atoms with Crippen LogP contribution in [0.5, 0.6) is 0 Å². The van der Waals surface area contributed by atoms with E-state index in [0.29, 0.717) is 0 Å². The van der Waals surface area contributed by atoms with Crippen LogP contribution in [0.15, 0.2) is 0 Å². The fourth-order valence-corrected chi connectivity index (χ4v) is 2.90. The molecule has 0 aromatic heterocycles. The number of carbonyl (C=O) groups is 2. The first-order valence-electron chi connectivity index (χ1n) is 8.05. The Bertz CT molecular complexity index is 363. The molecule has 0 saturated heterocycles. The molecule has 3 atom stereocenters. The number of hydrogen-bond donors (Lipinski definition) is 3. The maximum atomic E-state index is 12.4. The minimum Gasteiger partial charge on any atom is -0.388 e. The molecule has 5 nitrogen and oxygen atoms in total. The van der Waals surface area contributed by atoms with Crippen molar-refractivity contribution in [3.8, 4) is 0 Å². The largest absolute Gasteiger partial charge is 0.388 e. The Morgan fingerprint density at radius 2 is 1.90 bits per heavy atom. The van der Waals surface area contributed by atoms with E-state index in [0.717, 1.165) is 32.1 Å². The molecule has 122 valence electrons. The lowest BCUT2D eigenvalue weighted by Gasteiger charge is -2.31. The van der Waals surface area contributed by atoms with E-state index in [1.54, 1.807) is 6.92 Å². The predicted octanol–water partition coefficient (Wildman–Crippen LogP) is 1.59. The number of amides is 2. The average molecular weight is 298 g/mol. The predicted molar refractivity (Wildman–Crippen MR) is 82.7 cm³/mol. The van der Waals surface area contributed by atoms with Gasteiger partial charge in [0.25, 0.3) is 0 Å². The minimum atomic E-state index is -0.930. The lowest BCUT2D eigenvalue weighted by Crippen LogP contribution is -2.53. The third-order valence-corrected chi connectivity index (χ3v) is 4.81. The molecular weight excluding hydrogens is 268 g/mol. The lowest BCUT2D eigenvalue weighted by atomic mass is 9.88. The Morgan fingerprint density at radius 1 is 1.33 bits per heavy atom. The van der Waals surface area contributed by atoms with Gasteiger partial charge in [-0.15, -0.1) is 0 Å². The number of hydrogen-bond acceptors (Lipinski definition) is 3. The fraction of sp³-hybridized carbons (Fsp3) is 0.875. The molecule has 3 N–H and O–H groups in total. The third kappa shape index (κ3) is 5.30. The summed E-state index contributed by atoms with van der Waals surface area (Å²) in [6, 6.07) is -0.474. The second-order valence-electron chi connectivity index (χ2n) is 6.61. The van der Waals surface area contributed by atoms with Crippen LogP contribution in [0.2, 0.25) is 0 Å². The van der Waals surface area contributed by atoms with Crippen LogP contribution in [0.25, 0.3) is 0 Å². The molecule has 1 saturated carbocycles. The average Bonchev–Trinajstić information content (AvgIpc) is 2.94. The van der Waals surface area contributed by atoms with Crippen molar-refractivity contribution >= 4 is 11.8 Å². The second kappa shape index (κ2) is 7.78. The second-order valence-corrected chi connectivity index (χ2v) is 6.61. The summed E-state index contributed by atoms with van der Waals surface area (Å²) in [5.41, 5.74) is -0.930. The van der Waals surface area contributed by atoms with Gasteiger partial charge in [-0.25, -0.2) is 0 Å². The molecule has 0 bridgehead atoms. The van der Waals surface area contributed by atoms with Crippen molar-refractivity contribution in [2.45, 2.75) is 71.4 Å². The van der Waals surface area contributed by atoms with Crippen LogP contribution in [0, 0.1) is 11.8 Å². The smallest absolute Gasteiger partial charge is 0.242 e. The molecule has 21 heavy (non-hydrogen) atoms. The molecule has 1 aliphatic carbocycles. The monoisotopic (exact) mass is 298 g/mol. The summed E-state index contributed by atoms with van der Waals surface area (Å²) >= 11 is 0. The van der Waals surface area contributed by atoms with Crippen LogP contribution >= 0.6 is 0 Å². The summed E-state index contributed by atoms with van der Waals surface area (Å²) in [5, 5.41) is 15.9. The summed E-state index contributed by atoms with van der Waals surface area (Å²) in [7, 11) is 0. The molecule has 0 heterocycles. The van der Waals surface area contributed by atoms with Crippen molar-refractivity contribution in [1.29, 1.82) is 0 Å². The summed E-state index contributed by atoms with van der Waals surface area (Å²) in [6.07, 6.45) is 5.01. The van der Waals surface area contributed by atoms with Crippen molar-refractivity contribution in [2.24, 2.45) is 11.8 Å². The number of carbonyl (C=O) groups excluding carboxylic acids is 2. The van der Waals surface area contributed by atoms with Gasteiger partial charge in [-0.3, -0.25) is 9.59 Å². The van der Waals surface area contributed by atoms with Gasteiger partial charge in [-0.05, 0) is 31.6 Å². The third-order valence-electron chi connectivity index (χ3n) is 4.81. The molecule has 5 heteroatoms. The van der Waals surface area contributed by atoms with Crippen LogP contribution in [0.3, 0.4) is 0 Å². The molecule has 0 aromatic carbocycles. The van der Waals surface area contributed by atoms with Crippen LogP contribution in [-0.2, 0) is 9.59 Å². The van der Waals surface area contributed by atoms with Crippen LogP contribution in [0.1, 0.15) is 59.8 Å². The maximum Gasteiger partial charge on any atom is 0.242 e. The molecule has 0 radical (unpaired) electrons. The summed E-state index contributed by atoms with van der Waals surface area (Å²) in [4.78, 5) is 23.7. The topological polar surface area (TPSA) is 78.4 Å². The first-order valence-corrected chi connectivity index (χ1v) is 8.05. The van der Waals surface area contributed by atoms with E-state index in [-0.39, 0.29) is 30.2 Å². The zero-order chi connectivity index (χ0) is 16.0. The lowest BCUT2D eigenvalue weighted by molar-refractivity contribution is -0.130. The van der Waals surface area contributed by atoms with Crippen molar-refractivity contribution in [1.82, 2.24) is 10.6 Å². The van der Waals surface area contributed by atoms with E-state index in [4.69, 9.17) is 0 Å². The Balaban J connectivity index is 2.62. The SMILES string of the molecule is CCC(C)C(C)(O)CNC(=O)C(NC(C)=O)C1CCCC1. The molecule has 3 unspecified atom stereocenters. The van der Waals surface area contributed by atoms with Crippen LogP contribution < -0.4 is 10.6 Å². The Morgan fingerprint density at radius 3 is 2.38 bits per heavy atom. The van der Waals surface area contributed by atoms with E-state index in [1.165, 1.54) is 6.92 Å². The highest BCUT2D eigenvalue weighted by molar-refractivity contribution is 5.87. The van der Waals surface area contributed by atoms with Gasteiger partial charge in [0, 0.05) is 13.5 Å². The van der Waals surface area contributed by atoms with E-state index < -0.39 is 11.6 Å². The molecule has 0 aliphatic heterocycles. The van der Waals surface area contributed by atoms with Gasteiger partial charge >= 0.3 is 0 Å². The zero-order valence-electron chi connectivity index (χ0n) is 13.7. The van der Waals surface area contributed by atoms with Crippen molar-refractivity contribution in [3.63, 3.8) is 0 Å². The normalized spacial score (nSPS) is 21.4. The number of aliphatic hydroxyl groups is 1. The first kappa shape index (κ1) is 18.0. The fourth-order valence-electron chi connectivity index (χ4n) is 2.90. The highest BCUT2D eigenvalue weighted by Gasteiger charge is 2.33. The highest BCUT2D eigenvalue weighted by Crippen LogP contribution is 2.28. The quantitative estimate of drug-likeness (QED) is 0.668. The molecule has 1 rings (SSSR count). The van der Waals surface area contributed by atoms with Gasteiger partial charge in [0.05, 0.1) is 5.60 Å². The van der Waals surface area contributed by atoms with E-state index in [2.05, 4.69) is 10.6 Å². The molecule has 0 aromatic rings. The zero-order valence-corrected chi connectivity index (χ0v) is 13.7. The Labute approximate surface area is 127 Å². The Hall–Kier alpha value is -1.10. The standard InChI is InChI=1S/C16H30N2O3/c1-5-11(2)16(4,21)10-17-15(20)14(18-12(3)19)13-8-6-7-9-13/h11,13-14,21H,5-10H2,1-4H3,(H,17,20)(H,18,19). The number of rotatable bonds is 7. The van der Waals surface area contributed by atoms with Gasteiger partial charge in [-0.1, -0.05) is 33.1 Å². The van der Waals surface area contributed by atoms with Gasteiger partial charge in [0.15, 0.2) is 0 Å². The molecule has 1 fully saturated rings. The molecule has 0 spiro atoms. The van der Waals surface area contributed by atoms with Gasteiger partial charge in [-0.2, -0.15) is 0 Å². The summed E-state index contributed by atoms with van der Waals surface area (Å²) in [5.74, 6) is -0.0534. The Kier molecular flexibility index (Phi) is 6.65. The van der Waals surface area contributed by atoms with E-state index >= 15 is 0 Å².